The molecule has 138 valence electrons. The summed E-state index contributed by atoms with van der Waals surface area (Å²) in [5.74, 6) is 0. The Bertz CT molecular complexity index is 740. The van der Waals surface area contributed by atoms with Gasteiger partial charge < -0.3 is 0 Å². The van der Waals surface area contributed by atoms with Crippen LogP contribution in [-0.4, -0.2) is 10.3 Å². The fraction of sp³-hybridized carbons (Fsp3) is 0.500. The van der Waals surface area contributed by atoms with Gasteiger partial charge in [0.15, 0.2) is 0 Å². The first kappa shape index (κ1) is 18.7. The Hall–Kier alpha value is -0.700. The van der Waals surface area contributed by atoms with Crippen molar-refractivity contribution in [3.8, 4) is 0 Å². The van der Waals surface area contributed by atoms with Crippen LogP contribution in [-0.2, 0) is 12.3 Å². The Morgan fingerprint density at radius 1 is 0.615 bits per heavy atom. The van der Waals surface area contributed by atoms with Crippen LogP contribution < -0.4 is 0 Å². The Balaban J connectivity index is 1.89. The van der Waals surface area contributed by atoms with E-state index in [9.17, 15) is 0 Å². The molecule has 2 aromatic rings. The zero-order valence-electron chi connectivity index (χ0n) is 17.1. The molecule has 26 heavy (non-hydrogen) atoms. The van der Waals surface area contributed by atoms with E-state index in [0.29, 0.717) is 10.3 Å². The third-order valence-corrected chi connectivity index (χ3v) is 13.7. The van der Waals surface area contributed by atoms with E-state index in [4.69, 9.17) is 0 Å². The molecule has 0 aromatic heterocycles. The fourth-order valence-corrected chi connectivity index (χ4v) is 12.3. The van der Waals surface area contributed by atoms with E-state index in [1.165, 1.54) is 12.3 Å². The highest BCUT2D eigenvalue weighted by molar-refractivity contribution is 7.63. The number of hydrogen-bond acceptors (Lipinski definition) is 0. The average Bonchev–Trinajstić information content (AvgIpc) is 3.12. The second-order valence-electron chi connectivity index (χ2n) is 9.88. The molecule has 0 N–H and O–H groups in total. The molecule has 0 radical (unpaired) electrons. The van der Waals surface area contributed by atoms with Gasteiger partial charge in [0.25, 0.3) is 0 Å². The molecular weight excluding hydrogens is 350 g/mol. The largest absolute Gasteiger partial charge is 0.0880 e. The SMILES string of the molecule is CC(C)(C)P1Cc2ccccc2C1C1c2ccccc2CP1C(C)(C)C. The van der Waals surface area contributed by atoms with Gasteiger partial charge in [-0.3, -0.25) is 0 Å². The maximum absolute atomic E-state index is 2.48. The van der Waals surface area contributed by atoms with Crippen LogP contribution in [0.3, 0.4) is 0 Å². The van der Waals surface area contributed by atoms with Gasteiger partial charge in [0.1, 0.15) is 0 Å². The smallest absolute Gasteiger partial charge is 0.0161 e. The topological polar surface area (TPSA) is 0 Å². The Kier molecular flexibility index (Phi) is 4.61. The molecule has 2 aliphatic rings. The molecule has 0 fully saturated rings. The summed E-state index contributed by atoms with van der Waals surface area (Å²) in [7, 11) is -0.139. The summed E-state index contributed by atoms with van der Waals surface area (Å²) < 4.78 is 0. The maximum Gasteiger partial charge on any atom is 0.0161 e. The van der Waals surface area contributed by atoms with Crippen LogP contribution in [0.2, 0.25) is 0 Å². The van der Waals surface area contributed by atoms with Crippen LogP contribution in [0, 0.1) is 0 Å². The summed E-state index contributed by atoms with van der Waals surface area (Å²) in [5.41, 5.74) is 8.07. The monoisotopic (exact) mass is 382 g/mol. The van der Waals surface area contributed by atoms with Gasteiger partial charge >= 0.3 is 0 Å². The van der Waals surface area contributed by atoms with E-state index in [1.807, 2.05) is 0 Å². The van der Waals surface area contributed by atoms with Crippen molar-refractivity contribution in [2.24, 2.45) is 0 Å². The molecule has 0 amide bonds. The summed E-state index contributed by atoms with van der Waals surface area (Å²) in [6.07, 6.45) is 2.62. The summed E-state index contributed by atoms with van der Waals surface area (Å²) in [4.78, 5) is 0. The van der Waals surface area contributed by atoms with Crippen LogP contribution in [0.15, 0.2) is 48.5 Å². The first-order valence-corrected chi connectivity index (χ1v) is 13.1. The first-order valence-electron chi connectivity index (χ1n) is 9.87. The van der Waals surface area contributed by atoms with Crippen molar-refractivity contribution in [1.29, 1.82) is 0 Å². The van der Waals surface area contributed by atoms with Crippen LogP contribution in [0.5, 0.6) is 0 Å². The van der Waals surface area contributed by atoms with Crippen molar-refractivity contribution in [2.75, 3.05) is 0 Å². The van der Waals surface area contributed by atoms with Crippen molar-refractivity contribution in [3.63, 3.8) is 0 Å². The quantitative estimate of drug-likeness (QED) is 0.438. The average molecular weight is 382 g/mol. The molecule has 2 aliphatic heterocycles. The lowest BCUT2D eigenvalue weighted by atomic mass is 9.98. The Morgan fingerprint density at radius 3 is 1.31 bits per heavy atom. The van der Waals surface area contributed by atoms with Crippen molar-refractivity contribution < 1.29 is 0 Å². The molecule has 2 aromatic carbocycles. The second-order valence-corrected chi connectivity index (χ2v) is 16.2. The molecule has 0 spiro atoms. The van der Waals surface area contributed by atoms with Gasteiger partial charge in [-0.1, -0.05) is 106 Å². The lowest BCUT2D eigenvalue weighted by molar-refractivity contribution is 0.736. The predicted molar refractivity (Wildman–Crippen MR) is 119 cm³/mol. The van der Waals surface area contributed by atoms with Gasteiger partial charge in [-0.15, -0.1) is 0 Å². The van der Waals surface area contributed by atoms with Crippen LogP contribution in [0.4, 0.5) is 0 Å². The molecule has 4 atom stereocenters. The number of benzene rings is 2. The van der Waals surface area contributed by atoms with Crippen molar-refractivity contribution in [3.05, 3.63) is 70.8 Å². The summed E-state index contributed by atoms with van der Waals surface area (Å²) in [6.45, 7) is 14.9. The van der Waals surface area contributed by atoms with E-state index in [-0.39, 0.29) is 15.8 Å². The molecule has 2 heterocycles. The van der Waals surface area contributed by atoms with Crippen molar-refractivity contribution in [2.45, 2.75) is 75.5 Å². The van der Waals surface area contributed by atoms with E-state index in [2.05, 4.69) is 90.1 Å². The van der Waals surface area contributed by atoms with Gasteiger partial charge in [0.2, 0.25) is 0 Å². The zero-order chi connectivity index (χ0) is 18.7. The van der Waals surface area contributed by atoms with Gasteiger partial charge in [0, 0.05) is 11.3 Å². The molecule has 0 bridgehead atoms. The van der Waals surface area contributed by atoms with Crippen molar-refractivity contribution in [1.82, 2.24) is 0 Å². The van der Waals surface area contributed by atoms with E-state index < -0.39 is 0 Å². The van der Waals surface area contributed by atoms with Crippen LogP contribution in [0.1, 0.15) is 75.1 Å². The standard InChI is InChI=1S/C24H32P2/c1-23(2,3)25-15-17-11-7-9-13-19(17)21(25)22-20-14-10-8-12-18(20)16-26(22)24(4,5)6/h7-14,21-22H,15-16H2,1-6H3. The lowest BCUT2D eigenvalue weighted by Gasteiger charge is -2.42. The summed E-state index contributed by atoms with van der Waals surface area (Å²) in [5, 5.41) is 0.797. The highest BCUT2D eigenvalue weighted by Gasteiger charge is 2.50. The van der Waals surface area contributed by atoms with Gasteiger partial charge in [0.05, 0.1) is 0 Å². The van der Waals surface area contributed by atoms with E-state index in [0.717, 1.165) is 11.3 Å². The third-order valence-electron chi connectivity index (χ3n) is 6.12. The van der Waals surface area contributed by atoms with Crippen LogP contribution >= 0.6 is 15.8 Å². The third kappa shape index (κ3) is 3.08. The molecule has 0 aliphatic carbocycles. The molecule has 4 unspecified atom stereocenters. The normalized spacial score (nSPS) is 28.1. The predicted octanol–water partition coefficient (Wildman–Crippen LogP) is 8.06. The summed E-state index contributed by atoms with van der Waals surface area (Å²) in [6, 6.07) is 18.7. The molecule has 0 nitrogen and oxygen atoms in total. The van der Waals surface area contributed by atoms with E-state index >= 15 is 0 Å². The van der Waals surface area contributed by atoms with Gasteiger partial charge in [-0.05, 0) is 44.9 Å². The maximum atomic E-state index is 2.48. The number of hydrogen-bond donors (Lipinski definition) is 0. The first-order chi connectivity index (χ1) is 12.2. The molecular formula is C24H32P2. The molecule has 4 rings (SSSR count). The molecule has 0 saturated heterocycles. The minimum atomic E-state index is -0.0695. The molecule has 0 saturated carbocycles. The minimum Gasteiger partial charge on any atom is -0.0880 e. The Labute approximate surface area is 162 Å². The lowest BCUT2D eigenvalue weighted by Crippen LogP contribution is -2.20. The van der Waals surface area contributed by atoms with E-state index in [1.54, 1.807) is 22.3 Å². The number of fused-ring (bicyclic) bond motifs is 2. The second kappa shape index (κ2) is 6.43. The van der Waals surface area contributed by atoms with Crippen LogP contribution in [0.25, 0.3) is 0 Å². The van der Waals surface area contributed by atoms with Gasteiger partial charge in [-0.2, -0.15) is 0 Å². The van der Waals surface area contributed by atoms with Crippen molar-refractivity contribution >= 4 is 15.8 Å². The fourth-order valence-electron chi connectivity index (χ4n) is 4.82. The van der Waals surface area contributed by atoms with Gasteiger partial charge in [-0.25, -0.2) is 0 Å². The Morgan fingerprint density at radius 2 is 0.962 bits per heavy atom. The zero-order valence-corrected chi connectivity index (χ0v) is 18.9. The highest BCUT2D eigenvalue weighted by atomic mass is 31.1. The minimum absolute atomic E-state index is 0.0695. The summed E-state index contributed by atoms with van der Waals surface area (Å²) >= 11 is 0. The number of rotatable bonds is 1. The molecule has 2 heteroatoms. The highest BCUT2D eigenvalue weighted by Crippen LogP contribution is 2.80.